The van der Waals surface area contributed by atoms with Gasteiger partial charge in [-0.1, -0.05) is 11.6 Å². The molecule has 0 aliphatic heterocycles. The smallest absolute Gasteiger partial charge is 0.407 e. The number of hydrogen-bond donors (Lipinski definition) is 2. The number of anilines is 1. The Morgan fingerprint density at radius 1 is 1.48 bits per heavy atom. The van der Waals surface area contributed by atoms with Crippen molar-refractivity contribution in [3.63, 3.8) is 0 Å². The number of hydrogen-bond acceptors (Lipinski definition) is 4. The highest BCUT2D eigenvalue weighted by molar-refractivity contribution is 6.30. The molecular weight excluding hydrogens is 290 g/mol. The van der Waals surface area contributed by atoms with E-state index in [4.69, 9.17) is 21.6 Å². The lowest BCUT2D eigenvalue weighted by atomic mass is 10.2. The maximum absolute atomic E-state index is 11.6. The number of amides is 1. The van der Waals surface area contributed by atoms with Crippen LogP contribution in [0, 0.1) is 11.3 Å². The van der Waals surface area contributed by atoms with E-state index in [-0.39, 0.29) is 6.04 Å². The zero-order valence-electron chi connectivity index (χ0n) is 12.7. The number of benzene rings is 1. The summed E-state index contributed by atoms with van der Waals surface area (Å²) in [6.45, 7) is 7.67. The lowest BCUT2D eigenvalue weighted by Gasteiger charge is -2.21. The number of nitrogens with zero attached hydrogens (tertiary/aromatic N) is 1. The predicted molar refractivity (Wildman–Crippen MR) is 83.5 cm³/mol. The Hall–Kier alpha value is -1.93. The fourth-order valence-corrected chi connectivity index (χ4v) is 1.77. The average Bonchev–Trinajstić information content (AvgIpc) is 2.35. The third-order valence-electron chi connectivity index (χ3n) is 2.46. The third kappa shape index (κ3) is 6.37. The van der Waals surface area contributed by atoms with E-state index in [1.54, 1.807) is 39.0 Å². The number of rotatable bonds is 4. The monoisotopic (exact) mass is 309 g/mol. The Morgan fingerprint density at radius 2 is 2.14 bits per heavy atom. The first-order chi connectivity index (χ1) is 9.71. The number of nitriles is 1. The van der Waals surface area contributed by atoms with Gasteiger partial charge in [-0.3, -0.25) is 0 Å². The van der Waals surface area contributed by atoms with Crippen LogP contribution < -0.4 is 10.6 Å². The van der Waals surface area contributed by atoms with Gasteiger partial charge >= 0.3 is 6.09 Å². The minimum Gasteiger partial charge on any atom is -0.444 e. The van der Waals surface area contributed by atoms with Gasteiger partial charge in [-0.05, 0) is 45.9 Å². The first-order valence-corrected chi connectivity index (χ1v) is 7.02. The van der Waals surface area contributed by atoms with Crippen LogP contribution in [0.25, 0.3) is 0 Å². The van der Waals surface area contributed by atoms with Gasteiger partial charge in [-0.25, -0.2) is 4.79 Å². The van der Waals surface area contributed by atoms with E-state index in [1.807, 2.05) is 6.92 Å². The molecule has 6 heteroatoms. The van der Waals surface area contributed by atoms with Crippen molar-refractivity contribution in [1.82, 2.24) is 5.32 Å². The first kappa shape index (κ1) is 17.1. The minimum atomic E-state index is -0.526. The molecule has 2 N–H and O–H groups in total. The first-order valence-electron chi connectivity index (χ1n) is 6.64. The van der Waals surface area contributed by atoms with Gasteiger partial charge < -0.3 is 15.4 Å². The number of ether oxygens (including phenoxy) is 1. The van der Waals surface area contributed by atoms with Crippen molar-refractivity contribution < 1.29 is 9.53 Å². The second-order valence-electron chi connectivity index (χ2n) is 5.73. The molecule has 21 heavy (non-hydrogen) atoms. The fourth-order valence-electron chi connectivity index (χ4n) is 1.60. The summed E-state index contributed by atoms with van der Waals surface area (Å²) in [7, 11) is 0. The predicted octanol–water partition coefficient (Wildman–Crippen LogP) is 3.54. The second-order valence-corrected chi connectivity index (χ2v) is 6.17. The van der Waals surface area contributed by atoms with E-state index in [0.29, 0.717) is 22.8 Å². The topological polar surface area (TPSA) is 74.2 Å². The van der Waals surface area contributed by atoms with E-state index < -0.39 is 11.7 Å². The van der Waals surface area contributed by atoms with Crippen molar-refractivity contribution in [3.8, 4) is 6.07 Å². The summed E-state index contributed by atoms with van der Waals surface area (Å²) < 4.78 is 5.15. The maximum atomic E-state index is 11.6. The second kappa shape index (κ2) is 7.19. The molecule has 0 saturated carbocycles. The van der Waals surface area contributed by atoms with Crippen LogP contribution in [0.1, 0.15) is 33.3 Å². The van der Waals surface area contributed by atoms with Crippen molar-refractivity contribution >= 4 is 23.4 Å². The Morgan fingerprint density at radius 3 is 2.71 bits per heavy atom. The molecule has 0 radical (unpaired) electrons. The van der Waals surface area contributed by atoms with Gasteiger partial charge in [0, 0.05) is 17.6 Å². The molecule has 1 amide bonds. The Bertz CT molecular complexity index is 547. The molecule has 0 saturated heterocycles. The molecule has 0 aliphatic rings. The summed E-state index contributed by atoms with van der Waals surface area (Å²) in [5.41, 5.74) is 0.619. The van der Waals surface area contributed by atoms with Gasteiger partial charge in [0.2, 0.25) is 0 Å². The Labute approximate surface area is 130 Å². The van der Waals surface area contributed by atoms with Gasteiger partial charge in [0.15, 0.2) is 0 Å². The minimum absolute atomic E-state index is 0.0805. The molecule has 1 aromatic rings. The summed E-state index contributed by atoms with van der Waals surface area (Å²) in [6, 6.07) is 7.01. The van der Waals surface area contributed by atoms with E-state index in [0.717, 1.165) is 0 Å². The summed E-state index contributed by atoms with van der Waals surface area (Å²) >= 11 is 5.92. The molecule has 1 atom stereocenters. The molecule has 0 heterocycles. The van der Waals surface area contributed by atoms with Crippen LogP contribution in [-0.2, 0) is 4.74 Å². The van der Waals surface area contributed by atoms with Gasteiger partial charge in [0.25, 0.3) is 0 Å². The molecule has 0 fully saturated rings. The van der Waals surface area contributed by atoms with Crippen molar-refractivity contribution in [2.45, 2.75) is 39.3 Å². The molecule has 0 spiro atoms. The fraction of sp³-hybridized carbons (Fsp3) is 0.467. The summed E-state index contributed by atoms with van der Waals surface area (Å²) in [4.78, 5) is 11.6. The third-order valence-corrected chi connectivity index (χ3v) is 2.69. The van der Waals surface area contributed by atoms with Gasteiger partial charge in [0.05, 0.1) is 11.3 Å². The molecule has 1 rings (SSSR count). The summed E-state index contributed by atoms with van der Waals surface area (Å²) in [6.07, 6.45) is -0.470. The Kier molecular flexibility index (Phi) is 5.86. The van der Waals surface area contributed by atoms with E-state index in [9.17, 15) is 4.79 Å². The molecule has 5 nitrogen and oxygen atoms in total. The van der Waals surface area contributed by atoms with Crippen LogP contribution in [0.2, 0.25) is 5.02 Å². The van der Waals surface area contributed by atoms with Crippen LogP contribution in [0.4, 0.5) is 10.5 Å². The lowest BCUT2D eigenvalue weighted by Crippen LogP contribution is -2.38. The highest BCUT2D eigenvalue weighted by Crippen LogP contribution is 2.21. The van der Waals surface area contributed by atoms with Crippen LogP contribution in [0.5, 0.6) is 0 Å². The van der Waals surface area contributed by atoms with Crippen molar-refractivity contribution in [2.75, 3.05) is 11.9 Å². The number of alkyl carbamates (subject to hydrolysis) is 1. The number of halogens is 1. The van der Waals surface area contributed by atoms with Crippen molar-refractivity contribution in [2.24, 2.45) is 0 Å². The molecule has 0 aromatic heterocycles. The van der Waals surface area contributed by atoms with E-state index in [1.165, 1.54) is 0 Å². The molecule has 1 unspecified atom stereocenters. The number of nitrogens with one attached hydrogen (secondary N) is 2. The van der Waals surface area contributed by atoms with E-state index in [2.05, 4.69) is 16.7 Å². The number of carbonyl (C=O) groups is 1. The van der Waals surface area contributed by atoms with Crippen LogP contribution >= 0.6 is 11.6 Å². The summed E-state index contributed by atoms with van der Waals surface area (Å²) in [5.74, 6) is 0. The van der Waals surface area contributed by atoms with Gasteiger partial charge in [-0.15, -0.1) is 0 Å². The van der Waals surface area contributed by atoms with Crippen LogP contribution in [0.3, 0.4) is 0 Å². The zero-order valence-corrected chi connectivity index (χ0v) is 13.4. The molecule has 0 aliphatic carbocycles. The van der Waals surface area contributed by atoms with Gasteiger partial charge in [0.1, 0.15) is 11.7 Å². The zero-order chi connectivity index (χ0) is 16.0. The molecule has 0 bridgehead atoms. The normalized spacial score (nSPS) is 12.2. The van der Waals surface area contributed by atoms with Crippen LogP contribution in [0.15, 0.2) is 18.2 Å². The SMILES string of the molecule is CC(CNC(=O)OC(C)(C)C)Nc1cc(Cl)ccc1C#N. The quantitative estimate of drug-likeness (QED) is 0.892. The molecular formula is C15H20ClN3O2. The highest BCUT2D eigenvalue weighted by Gasteiger charge is 2.16. The van der Waals surface area contributed by atoms with Crippen molar-refractivity contribution in [1.29, 1.82) is 5.26 Å². The molecule has 1 aromatic carbocycles. The van der Waals surface area contributed by atoms with E-state index >= 15 is 0 Å². The largest absolute Gasteiger partial charge is 0.444 e. The standard InChI is InChI=1S/C15H20ClN3O2/c1-10(9-18-14(20)21-15(2,3)4)19-13-7-12(16)6-5-11(13)8-17/h5-7,10,19H,9H2,1-4H3,(H,18,20). The number of carbonyl (C=O) groups excluding carboxylic acids is 1. The summed E-state index contributed by atoms with van der Waals surface area (Å²) in [5, 5.41) is 15.4. The lowest BCUT2D eigenvalue weighted by molar-refractivity contribution is 0.0526. The maximum Gasteiger partial charge on any atom is 0.407 e. The molecule has 114 valence electrons. The van der Waals surface area contributed by atoms with Gasteiger partial charge in [-0.2, -0.15) is 5.26 Å². The van der Waals surface area contributed by atoms with Crippen molar-refractivity contribution in [3.05, 3.63) is 28.8 Å². The van der Waals surface area contributed by atoms with Crippen LogP contribution in [-0.4, -0.2) is 24.3 Å². The average molecular weight is 310 g/mol. The Balaban J connectivity index is 2.55. The highest BCUT2D eigenvalue weighted by atomic mass is 35.5.